The van der Waals surface area contributed by atoms with Crippen LogP contribution in [-0.4, -0.2) is 43.0 Å². The Morgan fingerprint density at radius 3 is 2.47 bits per heavy atom. The van der Waals surface area contributed by atoms with E-state index in [1.54, 1.807) is 13.8 Å². The summed E-state index contributed by atoms with van der Waals surface area (Å²) in [5.41, 5.74) is 4.94. The lowest BCUT2D eigenvalue weighted by atomic mass is 9.96. The van der Waals surface area contributed by atoms with Crippen LogP contribution in [0.15, 0.2) is 0 Å². The minimum atomic E-state index is -0.758. The third-order valence-corrected chi connectivity index (χ3v) is 2.97. The Morgan fingerprint density at radius 1 is 1.47 bits per heavy atom. The number of likely N-dealkylation sites (tertiary alicyclic amines) is 1. The number of nitrogens with zero attached hydrogens (tertiary/aromatic N) is 1. The molecule has 4 heteroatoms. The van der Waals surface area contributed by atoms with E-state index in [9.17, 15) is 4.79 Å². The van der Waals surface area contributed by atoms with Crippen LogP contribution in [0.3, 0.4) is 0 Å². The van der Waals surface area contributed by atoms with Crippen molar-refractivity contribution in [3.63, 3.8) is 0 Å². The fourth-order valence-electron chi connectivity index (χ4n) is 1.73. The van der Waals surface area contributed by atoms with Crippen molar-refractivity contribution in [1.29, 1.82) is 0 Å². The lowest BCUT2D eigenvalue weighted by Crippen LogP contribution is -2.50. The number of nitrogens with two attached hydrogens (primary N) is 1. The van der Waals surface area contributed by atoms with E-state index >= 15 is 0 Å². The molecule has 1 fully saturated rings. The van der Waals surface area contributed by atoms with Crippen molar-refractivity contribution >= 4 is 5.91 Å². The molecule has 3 N–H and O–H groups in total. The first-order chi connectivity index (χ1) is 6.89. The molecule has 1 heterocycles. The van der Waals surface area contributed by atoms with Gasteiger partial charge in [0.15, 0.2) is 0 Å². The summed E-state index contributed by atoms with van der Waals surface area (Å²) in [6.45, 7) is 6.50. The fourth-order valence-corrected chi connectivity index (χ4v) is 1.73. The third-order valence-electron chi connectivity index (χ3n) is 2.97. The summed E-state index contributed by atoms with van der Waals surface area (Å²) >= 11 is 0. The van der Waals surface area contributed by atoms with E-state index in [0.717, 1.165) is 19.6 Å². The highest BCUT2D eigenvalue weighted by molar-refractivity contribution is 5.84. The highest BCUT2D eigenvalue weighted by Crippen LogP contribution is 2.14. The van der Waals surface area contributed by atoms with E-state index in [1.165, 1.54) is 12.8 Å². The van der Waals surface area contributed by atoms with Gasteiger partial charge < -0.3 is 16.0 Å². The molecule has 1 amide bonds. The molecule has 1 rings (SSSR count). The molecule has 4 nitrogen and oxygen atoms in total. The summed E-state index contributed by atoms with van der Waals surface area (Å²) in [4.78, 5) is 13.8. The van der Waals surface area contributed by atoms with Crippen molar-refractivity contribution in [2.45, 2.75) is 32.2 Å². The molecule has 1 aliphatic heterocycles. The van der Waals surface area contributed by atoms with Crippen molar-refractivity contribution in [1.82, 2.24) is 10.2 Å². The molecule has 0 aromatic rings. The average molecular weight is 213 g/mol. The van der Waals surface area contributed by atoms with Crippen molar-refractivity contribution in [3.05, 3.63) is 0 Å². The van der Waals surface area contributed by atoms with Crippen molar-refractivity contribution in [2.24, 2.45) is 11.7 Å². The second-order valence-electron chi connectivity index (χ2n) is 5.18. The van der Waals surface area contributed by atoms with Gasteiger partial charge in [-0.05, 0) is 52.7 Å². The molecule has 0 unspecified atom stereocenters. The Labute approximate surface area is 92.2 Å². The number of nitrogens with one attached hydrogen (secondary N) is 1. The number of hydrogen-bond donors (Lipinski definition) is 2. The first-order valence-corrected chi connectivity index (χ1v) is 5.65. The van der Waals surface area contributed by atoms with Gasteiger partial charge >= 0.3 is 0 Å². The predicted octanol–water partition coefficient (Wildman–Crippen LogP) is 0.182. The standard InChI is InChI=1S/C11H23N3O/c1-11(2,12)10(15)13-8-9-4-6-14(3)7-5-9/h9H,4-8,12H2,1-3H3,(H,13,15). The molecule has 0 bridgehead atoms. The third kappa shape index (κ3) is 4.18. The highest BCUT2D eigenvalue weighted by atomic mass is 16.2. The Bertz CT molecular complexity index is 214. The topological polar surface area (TPSA) is 58.4 Å². The Hall–Kier alpha value is -0.610. The Kier molecular flexibility index (Phi) is 4.11. The van der Waals surface area contributed by atoms with Crippen molar-refractivity contribution in [2.75, 3.05) is 26.7 Å². The lowest BCUT2D eigenvalue weighted by Gasteiger charge is -2.29. The van der Waals surface area contributed by atoms with Gasteiger partial charge in [-0.25, -0.2) is 0 Å². The maximum Gasteiger partial charge on any atom is 0.239 e. The molecule has 0 atom stereocenters. The minimum Gasteiger partial charge on any atom is -0.354 e. The van der Waals surface area contributed by atoms with E-state index in [2.05, 4.69) is 17.3 Å². The van der Waals surface area contributed by atoms with Crippen LogP contribution in [0, 0.1) is 5.92 Å². The molecule has 0 radical (unpaired) electrons. The van der Waals surface area contributed by atoms with Gasteiger partial charge in [-0.1, -0.05) is 0 Å². The molecular formula is C11H23N3O. The molecule has 0 saturated carbocycles. The molecule has 88 valence electrons. The van der Waals surface area contributed by atoms with Gasteiger partial charge in [0.1, 0.15) is 0 Å². The van der Waals surface area contributed by atoms with Gasteiger partial charge in [0.2, 0.25) is 5.91 Å². The summed E-state index contributed by atoms with van der Waals surface area (Å²) in [5, 5.41) is 2.92. The monoisotopic (exact) mass is 213 g/mol. The van der Waals surface area contributed by atoms with Crippen LogP contribution in [0.4, 0.5) is 0 Å². The average Bonchev–Trinajstić information content (AvgIpc) is 2.15. The van der Waals surface area contributed by atoms with Gasteiger partial charge in [0, 0.05) is 6.54 Å². The maximum absolute atomic E-state index is 11.5. The fraction of sp³-hybridized carbons (Fsp3) is 0.909. The van der Waals surface area contributed by atoms with Gasteiger partial charge in [-0.3, -0.25) is 4.79 Å². The zero-order valence-corrected chi connectivity index (χ0v) is 10.0. The van der Waals surface area contributed by atoms with Crippen LogP contribution in [0.5, 0.6) is 0 Å². The molecule has 1 saturated heterocycles. The first kappa shape index (κ1) is 12.5. The lowest BCUT2D eigenvalue weighted by molar-refractivity contribution is -0.125. The van der Waals surface area contributed by atoms with Crippen LogP contribution in [-0.2, 0) is 4.79 Å². The van der Waals surface area contributed by atoms with Crippen LogP contribution in [0.1, 0.15) is 26.7 Å². The number of piperidine rings is 1. The zero-order chi connectivity index (χ0) is 11.5. The minimum absolute atomic E-state index is 0.0542. The summed E-state index contributed by atoms with van der Waals surface area (Å²) in [6, 6.07) is 0. The van der Waals surface area contributed by atoms with Crippen LogP contribution >= 0.6 is 0 Å². The number of rotatable bonds is 3. The number of hydrogen-bond acceptors (Lipinski definition) is 3. The molecule has 1 aliphatic rings. The molecule has 0 aromatic heterocycles. The van der Waals surface area contributed by atoms with Crippen LogP contribution in [0.2, 0.25) is 0 Å². The number of amides is 1. The number of carbonyl (C=O) groups is 1. The van der Waals surface area contributed by atoms with Gasteiger partial charge in [0.05, 0.1) is 5.54 Å². The first-order valence-electron chi connectivity index (χ1n) is 5.65. The SMILES string of the molecule is CN1CCC(CNC(=O)C(C)(C)N)CC1. The highest BCUT2D eigenvalue weighted by Gasteiger charge is 2.23. The Balaban J connectivity index is 2.23. The normalized spacial score (nSPS) is 20.3. The van der Waals surface area contributed by atoms with E-state index in [0.29, 0.717) is 5.92 Å². The van der Waals surface area contributed by atoms with Crippen molar-refractivity contribution in [3.8, 4) is 0 Å². The Morgan fingerprint density at radius 2 is 2.00 bits per heavy atom. The molecule has 0 aromatic carbocycles. The number of carbonyl (C=O) groups excluding carboxylic acids is 1. The summed E-state index contributed by atoms with van der Waals surface area (Å²) < 4.78 is 0. The zero-order valence-electron chi connectivity index (χ0n) is 10.0. The van der Waals surface area contributed by atoms with E-state index < -0.39 is 5.54 Å². The molecule has 0 spiro atoms. The van der Waals surface area contributed by atoms with Gasteiger partial charge in [-0.15, -0.1) is 0 Å². The molecule has 15 heavy (non-hydrogen) atoms. The van der Waals surface area contributed by atoms with Gasteiger partial charge in [-0.2, -0.15) is 0 Å². The quantitative estimate of drug-likeness (QED) is 0.703. The predicted molar refractivity (Wildman–Crippen MR) is 61.5 cm³/mol. The van der Waals surface area contributed by atoms with Crippen LogP contribution < -0.4 is 11.1 Å². The van der Waals surface area contributed by atoms with E-state index in [4.69, 9.17) is 5.73 Å². The summed E-state index contributed by atoms with van der Waals surface area (Å²) in [7, 11) is 2.14. The van der Waals surface area contributed by atoms with Gasteiger partial charge in [0.25, 0.3) is 0 Å². The van der Waals surface area contributed by atoms with Crippen LogP contribution in [0.25, 0.3) is 0 Å². The second-order valence-corrected chi connectivity index (χ2v) is 5.18. The van der Waals surface area contributed by atoms with Crippen molar-refractivity contribution < 1.29 is 4.79 Å². The maximum atomic E-state index is 11.5. The molecule has 0 aliphatic carbocycles. The second kappa shape index (κ2) is 4.94. The van der Waals surface area contributed by atoms with E-state index in [1.807, 2.05) is 0 Å². The summed E-state index contributed by atoms with van der Waals surface area (Å²) in [6.07, 6.45) is 2.34. The summed E-state index contributed by atoms with van der Waals surface area (Å²) in [5.74, 6) is 0.564. The van der Waals surface area contributed by atoms with E-state index in [-0.39, 0.29) is 5.91 Å². The smallest absolute Gasteiger partial charge is 0.239 e. The molecular weight excluding hydrogens is 190 g/mol. The largest absolute Gasteiger partial charge is 0.354 e.